The van der Waals surface area contributed by atoms with E-state index in [9.17, 15) is 4.79 Å². The van der Waals surface area contributed by atoms with Crippen LogP contribution >= 0.6 is 35.9 Å². The number of rotatable bonds is 5. The molecule has 2 rings (SSSR count). The number of amides is 2. The molecule has 2 N–H and O–H groups in total. The summed E-state index contributed by atoms with van der Waals surface area (Å²) in [5.74, 6) is 0. The lowest BCUT2D eigenvalue weighted by Gasteiger charge is -2.13. The van der Waals surface area contributed by atoms with Crippen molar-refractivity contribution in [1.29, 1.82) is 0 Å². The number of hydrogen-bond acceptors (Lipinski definition) is 4. The van der Waals surface area contributed by atoms with Gasteiger partial charge in [0.15, 0.2) is 0 Å². The summed E-state index contributed by atoms with van der Waals surface area (Å²) in [5.41, 5.74) is 3.48. The van der Waals surface area contributed by atoms with E-state index in [1.165, 1.54) is 11.9 Å². The quantitative estimate of drug-likeness (QED) is 0.389. The van der Waals surface area contributed by atoms with Crippen molar-refractivity contribution in [3.63, 3.8) is 0 Å². The van der Waals surface area contributed by atoms with Crippen LogP contribution < -0.4 is 15.5 Å². The Hall–Kier alpha value is -1.74. The normalized spacial score (nSPS) is 10.1. The first kappa shape index (κ1) is 20.3. The molecule has 128 valence electrons. The minimum atomic E-state index is -0.276. The van der Waals surface area contributed by atoms with E-state index in [1.807, 2.05) is 73.8 Å². The molecule has 0 aliphatic heterocycles. The minimum absolute atomic E-state index is 0. The van der Waals surface area contributed by atoms with Gasteiger partial charge in [-0.25, -0.2) is 9.19 Å². The average molecular weight is 456 g/mol. The molecule has 0 saturated carbocycles. The fraction of sp³-hybridized carbons (Fsp3) is 0.176. The number of halogens is 1. The molecular weight excluding hydrogens is 435 g/mol. The number of anilines is 3. The Morgan fingerprint density at radius 1 is 1.08 bits per heavy atom. The first-order valence-electron chi connectivity index (χ1n) is 7.10. The number of hydrogen-bond donors (Lipinski definition) is 2. The van der Waals surface area contributed by atoms with Crippen molar-refractivity contribution in [2.45, 2.75) is 0 Å². The van der Waals surface area contributed by atoms with Gasteiger partial charge >= 0.3 is 6.03 Å². The molecule has 0 unspecified atom stereocenters. The van der Waals surface area contributed by atoms with E-state index in [-0.39, 0.29) is 30.0 Å². The Bertz CT molecular complexity index is 689. The smallest absolute Gasteiger partial charge is 0.323 e. The lowest BCUT2D eigenvalue weighted by atomic mass is 10.2. The molecule has 0 spiro atoms. The first-order chi connectivity index (χ1) is 11.1. The average Bonchev–Trinajstić information content (AvgIpc) is 2.53. The van der Waals surface area contributed by atoms with Crippen LogP contribution in [0, 0.1) is 0 Å². The Labute approximate surface area is 164 Å². The standard InChI is InChI=1S/C17H20N4OS.HI/c1-21(2)16-9-7-14(8-10-16)19-17(22)20-15-6-4-5-13(11-15)12-18-23-3;/h4-12H,1-3H3,(H2,19,20,22);1H. The predicted molar refractivity (Wildman–Crippen MR) is 116 cm³/mol. The zero-order valence-electron chi connectivity index (χ0n) is 13.8. The number of urea groups is 1. The Kier molecular flexibility index (Phi) is 8.62. The fourth-order valence-electron chi connectivity index (χ4n) is 1.95. The van der Waals surface area contributed by atoms with E-state index in [0.29, 0.717) is 0 Å². The molecule has 2 aromatic carbocycles. The SMILES string of the molecule is CSN=Cc1cccc(NC(=O)Nc2ccc(N(C)C)cc2)c1.I. The Balaban J connectivity index is 0.00000288. The van der Waals surface area contributed by atoms with Crippen LogP contribution in [0.25, 0.3) is 0 Å². The van der Waals surface area contributed by atoms with Crippen LogP contribution in [0.3, 0.4) is 0 Å². The third kappa shape index (κ3) is 6.40. The highest BCUT2D eigenvalue weighted by Crippen LogP contribution is 2.16. The van der Waals surface area contributed by atoms with Gasteiger partial charge in [-0.2, -0.15) is 0 Å². The second-order valence-corrected chi connectivity index (χ2v) is 5.64. The summed E-state index contributed by atoms with van der Waals surface area (Å²) in [6, 6.07) is 14.9. The summed E-state index contributed by atoms with van der Waals surface area (Å²) in [7, 11) is 3.95. The van der Waals surface area contributed by atoms with Gasteiger partial charge in [0.05, 0.1) is 0 Å². The highest BCUT2D eigenvalue weighted by molar-refractivity contribution is 14.0. The van der Waals surface area contributed by atoms with Gasteiger partial charge in [-0.3, -0.25) is 0 Å². The maximum Gasteiger partial charge on any atom is 0.323 e. The molecule has 0 radical (unpaired) electrons. The van der Waals surface area contributed by atoms with Gasteiger partial charge in [0, 0.05) is 43.6 Å². The van der Waals surface area contributed by atoms with Crippen molar-refractivity contribution in [1.82, 2.24) is 0 Å². The highest BCUT2D eigenvalue weighted by Gasteiger charge is 2.03. The lowest BCUT2D eigenvalue weighted by molar-refractivity contribution is 0.262. The van der Waals surface area contributed by atoms with E-state index in [4.69, 9.17) is 0 Å². The second-order valence-electron chi connectivity index (χ2n) is 5.06. The van der Waals surface area contributed by atoms with Gasteiger partial charge in [0.1, 0.15) is 0 Å². The molecule has 0 heterocycles. The van der Waals surface area contributed by atoms with Crippen molar-refractivity contribution in [3.05, 3.63) is 54.1 Å². The van der Waals surface area contributed by atoms with Gasteiger partial charge in [-0.05, 0) is 53.9 Å². The molecule has 2 aromatic rings. The van der Waals surface area contributed by atoms with Crippen molar-refractivity contribution in [3.8, 4) is 0 Å². The van der Waals surface area contributed by atoms with Crippen molar-refractivity contribution in [2.75, 3.05) is 35.9 Å². The highest BCUT2D eigenvalue weighted by atomic mass is 127. The van der Waals surface area contributed by atoms with Crippen LogP contribution in [0.15, 0.2) is 52.9 Å². The summed E-state index contributed by atoms with van der Waals surface area (Å²) >= 11 is 1.39. The zero-order chi connectivity index (χ0) is 16.7. The second kappa shape index (κ2) is 10.2. The summed E-state index contributed by atoms with van der Waals surface area (Å²) < 4.78 is 4.11. The summed E-state index contributed by atoms with van der Waals surface area (Å²) in [4.78, 5) is 14.1. The Morgan fingerprint density at radius 2 is 1.75 bits per heavy atom. The van der Waals surface area contributed by atoms with Crippen molar-refractivity contribution < 1.29 is 4.79 Å². The van der Waals surface area contributed by atoms with Crippen LogP contribution in [0.2, 0.25) is 0 Å². The third-order valence-electron chi connectivity index (χ3n) is 3.09. The van der Waals surface area contributed by atoms with E-state index in [1.54, 1.807) is 6.21 Å². The van der Waals surface area contributed by atoms with Gasteiger partial charge in [0.2, 0.25) is 0 Å². The van der Waals surface area contributed by atoms with Crippen molar-refractivity contribution in [2.24, 2.45) is 4.40 Å². The number of nitrogens with zero attached hydrogens (tertiary/aromatic N) is 2. The minimum Gasteiger partial charge on any atom is -0.378 e. The van der Waals surface area contributed by atoms with Crippen LogP contribution in [0.5, 0.6) is 0 Å². The molecule has 0 aromatic heterocycles. The van der Waals surface area contributed by atoms with E-state index < -0.39 is 0 Å². The molecule has 2 amide bonds. The van der Waals surface area contributed by atoms with Crippen LogP contribution in [-0.2, 0) is 0 Å². The molecule has 0 atom stereocenters. The number of nitrogens with one attached hydrogen (secondary N) is 2. The number of benzene rings is 2. The van der Waals surface area contributed by atoms with Crippen LogP contribution in [-0.4, -0.2) is 32.6 Å². The zero-order valence-corrected chi connectivity index (χ0v) is 17.0. The molecule has 0 bridgehead atoms. The molecular formula is C17H21IN4OS. The number of carbonyl (C=O) groups excluding carboxylic acids is 1. The molecule has 24 heavy (non-hydrogen) atoms. The maximum absolute atomic E-state index is 12.1. The first-order valence-corrected chi connectivity index (χ1v) is 8.28. The van der Waals surface area contributed by atoms with E-state index in [2.05, 4.69) is 15.0 Å². The summed E-state index contributed by atoms with van der Waals surface area (Å²) in [6.45, 7) is 0. The molecule has 0 fully saturated rings. The van der Waals surface area contributed by atoms with Crippen molar-refractivity contribution >= 4 is 65.2 Å². The van der Waals surface area contributed by atoms with Gasteiger partial charge in [-0.1, -0.05) is 12.1 Å². The van der Waals surface area contributed by atoms with Gasteiger partial charge < -0.3 is 15.5 Å². The largest absolute Gasteiger partial charge is 0.378 e. The fourth-order valence-corrected chi connectivity index (χ4v) is 2.17. The molecule has 0 aliphatic carbocycles. The summed E-state index contributed by atoms with van der Waals surface area (Å²) in [6.07, 6.45) is 3.65. The maximum atomic E-state index is 12.1. The van der Waals surface area contributed by atoms with E-state index in [0.717, 1.165) is 22.6 Å². The molecule has 0 aliphatic rings. The summed E-state index contributed by atoms with van der Waals surface area (Å²) in [5, 5.41) is 5.63. The van der Waals surface area contributed by atoms with Crippen LogP contribution in [0.1, 0.15) is 5.56 Å². The third-order valence-corrected chi connectivity index (χ3v) is 3.41. The molecule has 7 heteroatoms. The Morgan fingerprint density at radius 3 is 2.38 bits per heavy atom. The molecule has 5 nitrogen and oxygen atoms in total. The predicted octanol–water partition coefficient (Wildman–Crippen LogP) is 4.71. The van der Waals surface area contributed by atoms with Gasteiger partial charge in [-0.15, -0.1) is 24.0 Å². The topological polar surface area (TPSA) is 56.7 Å². The van der Waals surface area contributed by atoms with Gasteiger partial charge in [0.25, 0.3) is 0 Å². The number of carbonyl (C=O) groups is 1. The van der Waals surface area contributed by atoms with Crippen LogP contribution in [0.4, 0.5) is 21.9 Å². The lowest BCUT2D eigenvalue weighted by Crippen LogP contribution is -2.19. The monoisotopic (exact) mass is 456 g/mol. The molecule has 0 saturated heterocycles. The van der Waals surface area contributed by atoms with E-state index >= 15 is 0 Å².